The molecule has 1 aliphatic rings. The van der Waals surface area contributed by atoms with Gasteiger partial charge in [-0.15, -0.1) is 0 Å². The second-order valence-corrected chi connectivity index (χ2v) is 6.70. The topological polar surface area (TPSA) is 26.3 Å². The van der Waals surface area contributed by atoms with Crippen LogP contribution in [0.25, 0.3) is 0 Å². The molecule has 25 heavy (non-hydrogen) atoms. The Labute approximate surface area is 150 Å². The van der Waals surface area contributed by atoms with E-state index in [1.807, 2.05) is 6.07 Å². The van der Waals surface area contributed by atoms with Gasteiger partial charge >= 0.3 is 0 Å². The molecule has 0 bridgehead atoms. The minimum absolute atomic E-state index is 0.208. The molecule has 3 rings (SSSR count). The van der Waals surface area contributed by atoms with Crippen LogP contribution in [0.5, 0.6) is 0 Å². The molecule has 2 nitrogen and oxygen atoms in total. The first-order valence-electron chi connectivity index (χ1n) is 9.18. The average molecular weight is 334 g/mol. The summed E-state index contributed by atoms with van der Waals surface area (Å²) in [6.45, 7) is 0.922. The number of allylic oxidation sites excluding steroid dienone is 1. The number of ether oxygens (including phenoxy) is 1. The van der Waals surface area contributed by atoms with Crippen LogP contribution >= 0.6 is 0 Å². The zero-order valence-electron chi connectivity index (χ0n) is 14.7. The summed E-state index contributed by atoms with van der Waals surface area (Å²) in [6, 6.07) is 21.1. The molecule has 2 aromatic carbocycles. The van der Waals surface area contributed by atoms with Crippen molar-refractivity contribution in [3.63, 3.8) is 0 Å². The Morgan fingerprint density at radius 1 is 0.720 bits per heavy atom. The second-order valence-electron chi connectivity index (χ2n) is 6.70. The van der Waals surface area contributed by atoms with E-state index in [0.29, 0.717) is 13.0 Å². The van der Waals surface area contributed by atoms with Crippen molar-refractivity contribution < 1.29 is 9.53 Å². The molecule has 1 aliphatic heterocycles. The lowest BCUT2D eigenvalue weighted by molar-refractivity contribution is -0.123. The fourth-order valence-corrected chi connectivity index (χ4v) is 3.42. The molecule has 0 atom stereocenters. The van der Waals surface area contributed by atoms with Crippen LogP contribution in [0.15, 0.2) is 71.8 Å². The van der Waals surface area contributed by atoms with Crippen LogP contribution in [-0.4, -0.2) is 19.0 Å². The number of rotatable bonds is 6. The van der Waals surface area contributed by atoms with Crippen LogP contribution in [0.3, 0.4) is 0 Å². The molecular formula is C23H26O2. The fraction of sp³-hybridized carbons (Fsp3) is 0.348. The summed E-state index contributed by atoms with van der Waals surface area (Å²) in [5, 5.41) is 0. The number of hydrogen-bond donors (Lipinski definition) is 0. The number of hydrogen-bond acceptors (Lipinski definition) is 2. The van der Waals surface area contributed by atoms with Crippen LogP contribution in [0.1, 0.15) is 36.8 Å². The van der Waals surface area contributed by atoms with Crippen molar-refractivity contribution in [3.8, 4) is 0 Å². The molecule has 0 unspecified atom stereocenters. The van der Waals surface area contributed by atoms with E-state index in [9.17, 15) is 4.79 Å². The van der Waals surface area contributed by atoms with E-state index in [1.54, 1.807) is 0 Å². The zero-order valence-corrected chi connectivity index (χ0v) is 14.7. The van der Waals surface area contributed by atoms with Crippen molar-refractivity contribution in [2.24, 2.45) is 0 Å². The lowest BCUT2D eigenvalue weighted by atomic mass is 9.90. The maximum Gasteiger partial charge on any atom is 0.162 e. The van der Waals surface area contributed by atoms with Gasteiger partial charge in [0.2, 0.25) is 0 Å². The van der Waals surface area contributed by atoms with Gasteiger partial charge in [0.05, 0.1) is 6.61 Å². The highest BCUT2D eigenvalue weighted by atomic mass is 16.5. The van der Waals surface area contributed by atoms with Crippen molar-refractivity contribution in [2.75, 3.05) is 13.2 Å². The third kappa shape index (κ3) is 5.68. The summed E-state index contributed by atoms with van der Waals surface area (Å²) in [6.07, 6.45) is 5.52. The van der Waals surface area contributed by atoms with Gasteiger partial charge in [-0.1, -0.05) is 71.8 Å². The lowest BCUT2D eigenvalue weighted by Gasteiger charge is -2.19. The molecule has 2 heteroatoms. The second kappa shape index (κ2) is 9.33. The first-order chi connectivity index (χ1) is 12.3. The maximum absolute atomic E-state index is 12.1. The van der Waals surface area contributed by atoms with E-state index < -0.39 is 0 Å². The van der Waals surface area contributed by atoms with Crippen molar-refractivity contribution in [1.29, 1.82) is 0 Å². The molecule has 0 amide bonds. The zero-order chi connectivity index (χ0) is 17.3. The third-order valence-electron chi connectivity index (χ3n) is 4.84. The van der Waals surface area contributed by atoms with E-state index in [1.165, 1.54) is 22.3 Å². The van der Waals surface area contributed by atoms with Gasteiger partial charge in [-0.2, -0.15) is 0 Å². The van der Waals surface area contributed by atoms with Crippen molar-refractivity contribution >= 4 is 5.78 Å². The van der Waals surface area contributed by atoms with Gasteiger partial charge in [0.1, 0.15) is 6.61 Å². The largest absolute Gasteiger partial charge is 0.373 e. The summed E-state index contributed by atoms with van der Waals surface area (Å²) in [5.74, 6) is 0.208. The SMILES string of the molecule is O=C1COCC/C(CCc2ccccc2)=C(/CCc2ccccc2)C1. The Kier molecular flexibility index (Phi) is 6.58. The lowest BCUT2D eigenvalue weighted by Crippen LogP contribution is -2.16. The Hall–Kier alpha value is -2.19. The molecule has 0 radical (unpaired) electrons. The Balaban J connectivity index is 1.72. The van der Waals surface area contributed by atoms with Crippen LogP contribution in [-0.2, 0) is 22.4 Å². The summed E-state index contributed by atoms with van der Waals surface area (Å²) in [7, 11) is 0. The Bertz CT molecular complexity index is 701. The molecule has 0 aliphatic carbocycles. The average Bonchev–Trinajstić information content (AvgIpc) is 2.65. The highest BCUT2D eigenvalue weighted by Gasteiger charge is 2.15. The first-order valence-corrected chi connectivity index (χ1v) is 9.18. The third-order valence-corrected chi connectivity index (χ3v) is 4.84. The van der Waals surface area contributed by atoms with Gasteiger partial charge in [-0.05, 0) is 43.2 Å². The van der Waals surface area contributed by atoms with Gasteiger partial charge in [0.25, 0.3) is 0 Å². The smallest absolute Gasteiger partial charge is 0.162 e. The fourth-order valence-electron chi connectivity index (χ4n) is 3.42. The monoisotopic (exact) mass is 334 g/mol. The molecular weight excluding hydrogens is 308 g/mol. The summed E-state index contributed by atoms with van der Waals surface area (Å²) >= 11 is 0. The van der Waals surface area contributed by atoms with E-state index in [4.69, 9.17) is 4.74 Å². The van der Waals surface area contributed by atoms with Crippen LogP contribution in [0.2, 0.25) is 0 Å². The van der Waals surface area contributed by atoms with Gasteiger partial charge in [0.15, 0.2) is 5.78 Å². The standard InChI is InChI=1S/C23H26O2/c24-23-17-22(14-12-20-9-5-2-6-10-20)21(15-16-25-18-23)13-11-19-7-3-1-4-8-19/h1-10H,11-18H2/b22-21-. The molecule has 0 saturated heterocycles. The predicted molar refractivity (Wildman–Crippen MR) is 102 cm³/mol. The van der Waals surface area contributed by atoms with E-state index in [-0.39, 0.29) is 12.4 Å². The summed E-state index contributed by atoms with van der Waals surface area (Å²) in [4.78, 5) is 12.1. The van der Waals surface area contributed by atoms with Gasteiger partial charge < -0.3 is 4.74 Å². The molecule has 1 heterocycles. The number of benzene rings is 2. The minimum Gasteiger partial charge on any atom is -0.373 e. The Morgan fingerprint density at radius 2 is 1.28 bits per heavy atom. The quantitative estimate of drug-likeness (QED) is 0.700. The number of carbonyl (C=O) groups excluding carboxylic acids is 1. The predicted octanol–water partition coefficient (Wildman–Crippen LogP) is 4.93. The Morgan fingerprint density at radius 3 is 1.88 bits per heavy atom. The number of carbonyl (C=O) groups is 1. The molecule has 0 saturated carbocycles. The molecule has 0 spiro atoms. The van der Waals surface area contributed by atoms with Gasteiger partial charge in [0, 0.05) is 6.42 Å². The van der Waals surface area contributed by atoms with Crippen LogP contribution < -0.4 is 0 Å². The van der Waals surface area contributed by atoms with Gasteiger partial charge in [-0.25, -0.2) is 0 Å². The number of Topliss-reactive ketones (excluding diaryl/α,β-unsaturated/α-hetero) is 1. The maximum atomic E-state index is 12.1. The number of ketones is 1. The van der Waals surface area contributed by atoms with E-state index in [2.05, 4.69) is 54.6 Å². The highest BCUT2D eigenvalue weighted by molar-refractivity contribution is 5.82. The summed E-state index contributed by atoms with van der Waals surface area (Å²) in [5.41, 5.74) is 5.45. The molecule has 0 fully saturated rings. The molecule has 2 aromatic rings. The molecule has 0 N–H and O–H groups in total. The summed E-state index contributed by atoms with van der Waals surface area (Å²) < 4.78 is 5.50. The first kappa shape index (κ1) is 17.6. The van der Waals surface area contributed by atoms with Crippen LogP contribution in [0.4, 0.5) is 0 Å². The minimum atomic E-state index is 0.208. The number of aryl methyl sites for hydroxylation is 2. The van der Waals surface area contributed by atoms with Crippen molar-refractivity contribution in [1.82, 2.24) is 0 Å². The molecule has 130 valence electrons. The highest BCUT2D eigenvalue weighted by Crippen LogP contribution is 2.25. The van der Waals surface area contributed by atoms with Crippen LogP contribution in [0, 0.1) is 0 Å². The van der Waals surface area contributed by atoms with Gasteiger partial charge in [-0.3, -0.25) is 4.79 Å². The van der Waals surface area contributed by atoms with Crippen molar-refractivity contribution in [2.45, 2.75) is 38.5 Å². The normalized spacial score (nSPS) is 18.6. The van der Waals surface area contributed by atoms with Crippen molar-refractivity contribution in [3.05, 3.63) is 82.9 Å². The van der Waals surface area contributed by atoms with E-state index in [0.717, 1.165) is 32.1 Å². The molecule has 0 aromatic heterocycles. The van der Waals surface area contributed by atoms with E-state index >= 15 is 0 Å².